The zero-order chi connectivity index (χ0) is 15.7. The number of aryl methyl sites for hydroxylation is 1. The Hall–Kier alpha value is -1.92. The highest BCUT2D eigenvalue weighted by Crippen LogP contribution is 2.36. The van der Waals surface area contributed by atoms with Gasteiger partial charge in [-0.1, -0.05) is 0 Å². The molecule has 2 aliphatic heterocycles. The number of likely N-dealkylation sites (tertiary alicyclic amines) is 1. The lowest BCUT2D eigenvalue weighted by molar-refractivity contribution is -0.189. The van der Waals surface area contributed by atoms with Crippen molar-refractivity contribution in [2.75, 3.05) is 19.7 Å². The van der Waals surface area contributed by atoms with Crippen LogP contribution < -0.4 is 4.74 Å². The molecule has 0 radical (unpaired) electrons. The van der Waals surface area contributed by atoms with Gasteiger partial charge in [0, 0.05) is 32.1 Å². The Morgan fingerprint density at radius 1 is 1.39 bits per heavy atom. The van der Waals surface area contributed by atoms with Gasteiger partial charge in [0.25, 0.3) is 0 Å². The first-order valence-electron chi connectivity index (χ1n) is 8.05. The molecule has 2 fully saturated rings. The zero-order valence-corrected chi connectivity index (χ0v) is 13.3. The molecule has 0 amide bonds. The minimum atomic E-state index is -0.0766. The highest BCUT2D eigenvalue weighted by molar-refractivity contribution is 5.09. The van der Waals surface area contributed by atoms with Crippen LogP contribution in [0, 0.1) is 6.92 Å². The lowest BCUT2D eigenvalue weighted by Gasteiger charge is -2.52. The van der Waals surface area contributed by atoms with Gasteiger partial charge in [0.1, 0.15) is 11.9 Å². The average Bonchev–Trinajstić information content (AvgIpc) is 2.99. The van der Waals surface area contributed by atoms with Crippen molar-refractivity contribution >= 4 is 0 Å². The lowest BCUT2D eigenvalue weighted by atomic mass is 9.84. The van der Waals surface area contributed by atoms with Crippen LogP contribution in [-0.4, -0.2) is 46.3 Å². The zero-order valence-electron chi connectivity index (χ0n) is 13.3. The third kappa shape index (κ3) is 3.23. The molecule has 0 saturated carbocycles. The molecule has 23 heavy (non-hydrogen) atoms. The molecule has 0 bridgehead atoms. The van der Waals surface area contributed by atoms with E-state index >= 15 is 0 Å². The van der Waals surface area contributed by atoms with Crippen molar-refractivity contribution < 1.29 is 13.9 Å². The fourth-order valence-corrected chi connectivity index (χ4v) is 3.48. The molecule has 1 spiro atoms. The summed E-state index contributed by atoms with van der Waals surface area (Å²) < 4.78 is 17.5. The summed E-state index contributed by atoms with van der Waals surface area (Å²) in [4.78, 5) is 10.9. The van der Waals surface area contributed by atoms with Gasteiger partial charge in [-0.3, -0.25) is 9.88 Å². The standard InChI is InChI=1S/C17H21N3O3/c1-13-8-18-9-16(19-13)23-14-4-6-22-17(7-14)11-20(12-17)10-15-3-2-5-21-15/h2-3,5,8-9,14H,4,6-7,10-12H2,1H3/t14-/m1/s1. The number of ether oxygens (including phenoxy) is 2. The molecule has 2 aromatic rings. The molecule has 2 aromatic heterocycles. The molecule has 2 saturated heterocycles. The Balaban J connectivity index is 1.33. The molecule has 0 aliphatic carbocycles. The van der Waals surface area contributed by atoms with E-state index in [2.05, 4.69) is 14.9 Å². The van der Waals surface area contributed by atoms with E-state index in [1.54, 1.807) is 18.7 Å². The van der Waals surface area contributed by atoms with Crippen molar-refractivity contribution in [3.63, 3.8) is 0 Å². The average molecular weight is 315 g/mol. The van der Waals surface area contributed by atoms with Gasteiger partial charge in [0.2, 0.25) is 5.88 Å². The van der Waals surface area contributed by atoms with Crippen molar-refractivity contribution in [3.05, 3.63) is 42.2 Å². The topological polar surface area (TPSA) is 60.6 Å². The van der Waals surface area contributed by atoms with Crippen LogP contribution in [0.1, 0.15) is 24.3 Å². The normalized spacial score (nSPS) is 23.6. The van der Waals surface area contributed by atoms with Gasteiger partial charge in [-0.05, 0) is 19.1 Å². The van der Waals surface area contributed by atoms with E-state index in [0.29, 0.717) is 5.88 Å². The minimum absolute atomic E-state index is 0.0766. The molecule has 1 atom stereocenters. The molecule has 0 aromatic carbocycles. The van der Waals surface area contributed by atoms with Crippen LogP contribution in [0.15, 0.2) is 35.2 Å². The Bertz CT molecular complexity index is 653. The van der Waals surface area contributed by atoms with E-state index < -0.39 is 0 Å². The summed E-state index contributed by atoms with van der Waals surface area (Å²) in [6, 6.07) is 3.93. The van der Waals surface area contributed by atoms with E-state index in [4.69, 9.17) is 13.9 Å². The molecule has 2 aliphatic rings. The van der Waals surface area contributed by atoms with Gasteiger partial charge in [0.05, 0.1) is 36.9 Å². The Kier molecular flexibility index (Phi) is 3.79. The molecule has 122 valence electrons. The molecular weight excluding hydrogens is 294 g/mol. The first kappa shape index (κ1) is 14.7. The third-order valence-corrected chi connectivity index (χ3v) is 4.45. The highest BCUT2D eigenvalue weighted by Gasteiger charge is 2.48. The maximum Gasteiger partial charge on any atom is 0.232 e. The highest BCUT2D eigenvalue weighted by atomic mass is 16.5. The summed E-state index contributed by atoms with van der Waals surface area (Å²) >= 11 is 0. The van der Waals surface area contributed by atoms with Crippen LogP contribution in [0.3, 0.4) is 0 Å². The van der Waals surface area contributed by atoms with E-state index in [9.17, 15) is 0 Å². The third-order valence-electron chi connectivity index (χ3n) is 4.45. The number of hydrogen-bond acceptors (Lipinski definition) is 6. The summed E-state index contributed by atoms with van der Waals surface area (Å²) in [5, 5.41) is 0. The minimum Gasteiger partial charge on any atom is -0.473 e. The lowest BCUT2D eigenvalue weighted by Crippen LogP contribution is -2.65. The summed E-state index contributed by atoms with van der Waals surface area (Å²) in [5.74, 6) is 1.61. The first-order valence-corrected chi connectivity index (χ1v) is 8.05. The quantitative estimate of drug-likeness (QED) is 0.862. The summed E-state index contributed by atoms with van der Waals surface area (Å²) in [5.41, 5.74) is 0.796. The summed E-state index contributed by atoms with van der Waals surface area (Å²) in [6.45, 7) is 5.34. The van der Waals surface area contributed by atoms with E-state index in [1.807, 2.05) is 19.1 Å². The number of nitrogens with zero attached hydrogens (tertiary/aromatic N) is 3. The Labute approximate surface area is 135 Å². The molecular formula is C17H21N3O3. The van der Waals surface area contributed by atoms with Crippen molar-refractivity contribution in [3.8, 4) is 5.88 Å². The van der Waals surface area contributed by atoms with Crippen molar-refractivity contribution in [1.29, 1.82) is 0 Å². The van der Waals surface area contributed by atoms with Crippen LogP contribution in [0.4, 0.5) is 0 Å². The molecule has 6 nitrogen and oxygen atoms in total. The maximum absolute atomic E-state index is 6.05. The largest absolute Gasteiger partial charge is 0.473 e. The van der Waals surface area contributed by atoms with Gasteiger partial charge >= 0.3 is 0 Å². The van der Waals surface area contributed by atoms with Crippen molar-refractivity contribution in [1.82, 2.24) is 14.9 Å². The van der Waals surface area contributed by atoms with Gasteiger partial charge in [-0.2, -0.15) is 0 Å². The van der Waals surface area contributed by atoms with E-state index in [-0.39, 0.29) is 11.7 Å². The Morgan fingerprint density at radius 3 is 3.09 bits per heavy atom. The molecule has 0 N–H and O–H groups in total. The smallest absolute Gasteiger partial charge is 0.232 e. The van der Waals surface area contributed by atoms with Gasteiger partial charge in [0.15, 0.2) is 0 Å². The second-order valence-electron chi connectivity index (χ2n) is 6.49. The predicted octanol–water partition coefficient (Wildman–Crippen LogP) is 2.19. The van der Waals surface area contributed by atoms with Gasteiger partial charge in [-0.25, -0.2) is 4.98 Å². The SMILES string of the molecule is Cc1cncc(O[C@@H]2CCOC3(C2)CN(Cc2ccco2)C3)n1. The fraction of sp³-hybridized carbons (Fsp3) is 0.529. The van der Waals surface area contributed by atoms with Crippen molar-refractivity contribution in [2.24, 2.45) is 0 Å². The summed E-state index contributed by atoms with van der Waals surface area (Å²) in [6.07, 6.45) is 7.07. The first-order chi connectivity index (χ1) is 11.2. The fourth-order valence-electron chi connectivity index (χ4n) is 3.48. The number of rotatable bonds is 4. The van der Waals surface area contributed by atoms with Crippen LogP contribution in [0.25, 0.3) is 0 Å². The Morgan fingerprint density at radius 2 is 2.30 bits per heavy atom. The molecule has 4 rings (SSSR count). The molecule has 0 unspecified atom stereocenters. The van der Waals surface area contributed by atoms with Crippen molar-refractivity contribution in [2.45, 2.75) is 38.0 Å². The molecule has 4 heterocycles. The second-order valence-corrected chi connectivity index (χ2v) is 6.49. The summed E-state index contributed by atoms with van der Waals surface area (Å²) in [7, 11) is 0. The monoisotopic (exact) mass is 315 g/mol. The van der Waals surface area contributed by atoms with Crippen LogP contribution >= 0.6 is 0 Å². The van der Waals surface area contributed by atoms with Crippen LogP contribution in [-0.2, 0) is 11.3 Å². The maximum atomic E-state index is 6.05. The van der Waals surface area contributed by atoms with Crippen LogP contribution in [0.5, 0.6) is 5.88 Å². The predicted molar refractivity (Wildman–Crippen MR) is 83.1 cm³/mol. The van der Waals surface area contributed by atoms with Crippen LogP contribution in [0.2, 0.25) is 0 Å². The van der Waals surface area contributed by atoms with Gasteiger partial charge in [-0.15, -0.1) is 0 Å². The van der Waals surface area contributed by atoms with Gasteiger partial charge < -0.3 is 13.9 Å². The second kappa shape index (κ2) is 5.94. The molecule has 6 heteroatoms. The number of aromatic nitrogens is 2. The number of hydrogen-bond donors (Lipinski definition) is 0. The number of furan rings is 1. The van der Waals surface area contributed by atoms with E-state index in [1.165, 1.54) is 0 Å². The van der Waals surface area contributed by atoms with E-state index in [0.717, 1.165) is 50.5 Å².